The highest BCUT2D eigenvalue weighted by atomic mass is 35.5. The van der Waals surface area contributed by atoms with Crippen molar-refractivity contribution in [2.24, 2.45) is 11.8 Å². The third kappa shape index (κ3) is 3.24. The first-order valence-electron chi connectivity index (χ1n) is 6.72. The fraction of sp³-hybridized carbons (Fsp3) is 0.600. The van der Waals surface area contributed by atoms with Gasteiger partial charge in [0.2, 0.25) is 0 Å². The summed E-state index contributed by atoms with van der Waals surface area (Å²) >= 11 is 5.74. The molecule has 0 radical (unpaired) electrons. The molecule has 18 heavy (non-hydrogen) atoms. The zero-order chi connectivity index (χ0) is 13.1. The maximum absolute atomic E-state index is 13.7. The lowest BCUT2D eigenvalue weighted by Crippen LogP contribution is -2.30. The molecular formula is C15H20ClFO. The van der Waals surface area contributed by atoms with Crippen molar-refractivity contribution in [1.29, 1.82) is 0 Å². The van der Waals surface area contributed by atoms with Crippen LogP contribution in [0.3, 0.4) is 0 Å². The van der Waals surface area contributed by atoms with Gasteiger partial charge in [-0.1, -0.05) is 31.0 Å². The van der Waals surface area contributed by atoms with Gasteiger partial charge in [0.25, 0.3) is 0 Å². The summed E-state index contributed by atoms with van der Waals surface area (Å²) in [5, 5.41) is 10.5. The second kappa shape index (κ2) is 6.03. The Bertz CT molecular complexity index is 407. The molecule has 0 bridgehead atoms. The molecule has 1 aromatic carbocycles. The lowest BCUT2D eigenvalue weighted by Gasteiger charge is -2.33. The summed E-state index contributed by atoms with van der Waals surface area (Å²) in [5.74, 6) is 0.599. The van der Waals surface area contributed by atoms with Crippen LogP contribution in [0.5, 0.6) is 0 Å². The van der Waals surface area contributed by atoms with Gasteiger partial charge in [0.15, 0.2) is 0 Å². The molecule has 100 valence electrons. The molecule has 3 atom stereocenters. The molecule has 1 aliphatic rings. The van der Waals surface area contributed by atoms with Crippen molar-refractivity contribution in [2.45, 2.75) is 45.1 Å². The number of aliphatic hydroxyl groups is 1. The molecule has 2 rings (SSSR count). The van der Waals surface area contributed by atoms with Crippen LogP contribution in [0.15, 0.2) is 18.2 Å². The molecule has 0 saturated heterocycles. The Labute approximate surface area is 113 Å². The van der Waals surface area contributed by atoms with Gasteiger partial charge in [0.1, 0.15) is 5.82 Å². The van der Waals surface area contributed by atoms with Crippen LogP contribution < -0.4 is 0 Å². The van der Waals surface area contributed by atoms with Gasteiger partial charge in [-0.2, -0.15) is 0 Å². The predicted molar refractivity (Wildman–Crippen MR) is 72.2 cm³/mol. The summed E-state index contributed by atoms with van der Waals surface area (Å²) in [4.78, 5) is 0. The van der Waals surface area contributed by atoms with Crippen LogP contribution in [-0.2, 0) is 6.42 Å². The molecule has 0 heterocycles. The first-order chi connectivity index (χ1) is 8.60. The molecule has 0 aromatic heterocycles. The molecule has 1 saturated carbocycles. The van der Waals surface area contributed by atoms with E-state index in [1.165, 1.54) is 6.07 Å². The van der Waals surface area contributed by atoms with Gasteiger partial charge in [0, 0.05) is 5.02 Å². The fourth-order valence-corrected chi connectivity index (χ4v) is 3.06. The molecular weight excluding hydrogens is 251 g/mol. The summed E-state index contributed by atoms with van der Waals surface area (Å²) in [6, 6.07) is 4.80. The molecule has 3 unspecified atom stereocenters. The zero-order valence-electron chi connectivity index (χ0n) is 10.7. The molecule has 1 fully saturated rings. The van der Waals surface area contributed by atoms with Crippen LogP contribution in [0.4, 0.5) is 4.39 Å². The summed E-state index contributed by atoms with van der Waals surface area (Å²) in [6.45, 7) is 2.18. The number of hydrogen-bond donors (Lipinski definition) is 1. The lowest BCUT2D eigenvalue weighted by atomic mass is 9.76. The van der Waals surface area contributed by atoms with Gasteiger partial charge in [-0.25, -0.2) is 4.39 Å². The number of benzene rings is 1. The minimum Gasteiger partial charge on any atom is -0.393 e. The van der Waals surface area contributed by atoms with Gasteiger partial charge in [-0.05, 0) is 55.2 Å². The van der Waals surface area contributed by atoms with Gasteiger partial charge >= 0.3 is 0 Å². The SMILES string of the molecule is CCC1CCC(O)C(Cc2ccc(Cl)cc2F)C1. The molecule has 1 aromatic rings. The van der Waals surface area contributed by atoms with Gasteiger partial charge in [-0.15, -0.1) is 0 Å². The molecule has 1 aliphatic carbocycles. The van der Waals surface area contributed by atoms with E-state index in [2.05, 4.69) is 6.92 Å². The summed E-state index contributed by atoms with van der Waals surface area (Å²) in [5.41, 5.74) is 0.667. The first kappa shape index (κ1) is 13.8. The quantitative estimate of drug-likeness (QED) is 0.872. The van der Waals surface area contributed by atoms with Crippen LogP contribution in [0.25, 0.3) is 0 Å². The van der Waals surface area contributed by atoms with Crippen LogP contribution in [-0.4, -0.2) is 11.2 Å². The fourth-order valence-electron chi connectivity index (χ4n) is 2.91. The highest BCUT2D eigenvalue weighted by Crippen LogP contribution is 2.34. The number of aliphatic hydroxyl groups excluding tert-OH is 1. The number of hydrogen-bond acceptors (Lipinski definition) is 1. The standard InChI is InChI=1S/C15H20ClFO/c1-2-10-3-6-15(18)12(7-10)8-11-4-5-13(16)9-14(11)17/h4-5,9-10,12,15,18H,2-3,6-8H2,1H3. The summed E-state index contributed by atoms with van der Waals surface area (Å²) in [7, 11) is 0. The molecule has 0 amide bonds. The highest BCUT2D eigenvalue weighted by Gasteiger charge is 2.28. The molecule has 0 aliphatic heterocycles. The maximum Gasteiger partial charge on any atom is 0.127 e. The minimum absolute atomic E-state index is 0.180. The van der Waals surface area contributed by atoms with Crippen molar-refractivity contribution >= 4 is 11.6 Å². The van der Waals surface area contributed by atoms with Gasteiger partial charge < -0.3 is 5.11 Å². The average Bonchev–Trinajstić information content (AvgIpc) is 2.35. The van der Waals surface area contributed by atoms with Gasteiger partial charge in [0.05, 0.1) is 6.10 Å². The Morgan fingerprint density at radius 3 is 2.83 bits per heavy atom. The van der Waals surface area contributed by atoms with Crippen LogP contribution >= 0.6 is 11.6 Å². The third-order valence-corrected chi connectivity index (χ3v) is 4.36. The van der Waals surface area contributed by atoms with E-state index in [1.54, 1.807) is 12.1 Å². The largest absolute Gasteiger partial charge is 0.393 e. The average molecular weight is 271 g/mol. The summed E-state index contributed by atoms with van der Waals surface area (Å²) in [6.07, 6.45) is 4.41. The molecule has 1 N–H and O–H groups in total. The van der Waals surface area contributed by atoms with Crippen molar-refractivity contribution < 1.29 is 9.50 Å². The zero-order valence-corrected chi connectivity index (χ0v) is 11.5. The smallest absolute Gasteiger partial charge is 0.127 e. The van der Waals surface area contributed by atoms with E-state index in [1.807, 2.05) is 0 Å². The predicted octanol–water partition coefficient (Wildman–Crippen LogP) is 4.21. The van der Waals surface area contributed by atoms with E-state index in [9.17, 15) is 9.50 Å². The maximum atomic E-state index is 13.7. The van der Waals surface area contributed by atoms with Crippen molar-refractivity contribution in [3.8, 4) is 0 Å². The van der Waals surface area contributed by atoms with Crippen LogP contribution in [0, 0.1) is 17.7 Å². The van der Waals surface area contributed by atoms with E-state index in [0.717, 1.165) is 25.7 Å². The van der Waals surface area contributed by atoms with Crippen molar-refractivity contribution in [2.75, 3.05) is 0 Å². The van der Waals surface area contributed by atoms with Crippen LogP contribution in [0.1, 0.15) is 38.2 Å². The van der Waals surface area contributed by atoms with E-state index < -0.39 is 0 Å². The van der Waals surface area contributed by atoms with E-state index in [0.29, 0.717) is 22.9 Å². The topological polar surface area (TPSA) is 20.2 Å². The minimum atomic E-state index is -0.289. The second-order valence-corrected chi connectivity index (χ2v) is 5.79. The lowest BCUT2D eigenvalue weighted by molar-refractivity contribution is 0.0471. The molecule has 3 heteroatoms. The first-order valence-corrected chi connectivity index (χ1v) is 7.10. The monoisotopic (exact) mass is 270 g/mol. The third-order valence-electron chi connectivity index (χ3n) is 4.13. The number of halogens is 2. The highest BCUT2D eigenvalue weighted by molar-refractivity contribution is 6.30. The second-order valence-electron chi connectivity index (χ2n) is 5.35. The van der Waals surface area contributed by atoms with Crippen molar-refractivity contribution in [1.82, 2.24) is 0 Å². The Kier molecular flexibility index (Phi) is 4.63. The van der Waals surface area contributed by atoms with E-state index in [4.69, 9.17) is 11.6 Å². The number of rotatable bonds is 3. The normalized spacial score (nSPS) is 28.3. The van der Waals surface area contributed by atoms with Crippen molar-refractivity contribution in [3.05, 3.63) is 34.6 Å². The Hall–Kier alpha value is -0.600. The Morgan fingerprint density at radius 1 is 1.39 bits per heavy atom. The Morgan fingerprint density at radius 2 is 2.17 bits per heavy atom. The van der Waals surface area contributed by atoms with E-state index in [-0.39, 0.29) is 17.8 Å². The summed E-state index contributed by atoms with van der Waals surface area (Å²) < 4.78 is 13.7. The molecule has 1 nitrogen and oxygen atoms in total. The van der Waals surface area contributed by atoms with Crippen molar-refractivity contribution in [3.63, 3.8) is 0 Å². The van der Waals surface area contributed by atoms with Gasteiger partial charge in [-0.3, -0.25) is 0 Å². The molecule has 0 spiro atoms. The van der Waals surface area contributed by atoms with Crippen LogP contribution in [0.2, 0.25) is 5.02 Å². The van der Waals surface area contributed by atoms with E-state index >= 15 is 0 Å². The Balaban J connectivity index is 2.07.